The number of benzene rings is 1. The fourth-order valence-corrected chi connectivity index (χ4v) is 1.02. The van der Waals surface area contributed by atoms with Crippen LogP contribution in [-0.2, 0) is 4.84 Å². The fraction of sp³-hybridized carbons (Fsp3) is 0.300. The van der Waals surface area contributed by atoms with Crippen molar-refractivity contribution in [3.63, 3.8) is 0 Å². The first-order chi connectivity index (χ1) is 6.68. The first-order valence-electron chi connectivity index (χ1n) is 4.46. The summed E-state index contributed by atoms with van der Waals surface area (Å²) in [6.45, 7) is 3.86. The number of hydrogen-bond donors (Lipinski definition) is 2. The Hall–Kier alpha value is -1.13. The van der Waals surface area contributed by atoms with Gasteiger partial charge in [0.1, 0.15) is 0 Å². The molecule has 0 aliphatic rings. The third-order valence-corrected chi connectivity index (χ3v) is 1.60. The molecular formula is C10H14N2OS. The van der Waals surface area contributed by atoms with Gasteiger partial charge in [-0.1, -0.05) is 18.2 Å². The van der Waals surface area contributed by atoms with Gasteiger partial charge in [0.25, 0.3) is 0 Å². The number of rotatable bonds is 3. The molecule has 0 spiro atoms. The van der Waals surface area contributed by atoms with E-state index in [1.54, 1.807) is 0 Å². The first kappa shape index (κ1) is 10.9. The van der Waals surface area contributed by atoms with Gasteiger partial charge in [-0.3, -0.25) is 4.84 Å². The standard InChI is InChI=1S/C10H14N2OS/c1-8(2)13-12-10(14)11-9-6-4-3-5-7-9/h3-8H,1-2H3,(H2,11,12,14). The normalized spacial score (nSPS) is 9.93. The first-order valence-corrected chi connectivity index (χ1v) is 4.87. The molecule has 0 aliphatic carbocycles. The Kier molecular flexibility index (Phi) is 4.35. The summed E-state index contributed by atoms with van der Waals surface area (Å²) in [7, 11) is 0. The second-order valence-electron chi connectivity index (χ2n) is 3.09. The average molecular weight is 210 g/mol. The van der Waals surface area contributed by atoms with E-state index in [-0.39, 0.29) is 6.10 Å². The average Bonchev–Trinajstić information content (AvgIpc) is 2.16. The quantitative estimate of drug-likeness (QED) is 0.592. The molecule has 0 bridgehead atoms. The molecule has 0 unspecified atom stereocenters. The lowest BCUT2D eigenvalue weighted by Crippen LogP contribution is -2.30. The predicted molar refractivity (Wildman–Crippen MR) is 62.0 cm³/mol. The maximum Gasteiger partial charge on any atom is 0.195 e. The Morgan fingerprint density at radius 3 is 2.50 bits per heavy atom. The van der Waals surface area contributed by atoms with Crippen molar-refractivity contribution in [3.8, 4) is 0 Å². The zero-order valence-corrected chi connectivity index (χ0v) is 9.10. The number of hydroxylamine groups is 1. The minimum Gasteiger partial charge on any atom is -0.331 e. The number of thiocarbonyl (C=S) groups is 1. The highest BCUT2D eigenvalue weighted by molar-refractivity contribution is 7.80. The molecule has 0 fully saturated rings. The van der Waals surface area contributed by atoms with E-state index in [2.05, 4.69) is 10.8 Å². The predicted octanol–water partition coefficient (Wildman–Crippen LogP) is 2.31. The zero-order chi connectivity index (χ0) is 10.4. The minimum absolute atomic E-state index is 0.102. The molecular weight excluding hydrogens is 196 g/mol. The lowest BCUT2D eigenvalue weighted by molar-refractivity contribution is 0.0346. The van der Waals surface area contributed by atoms with E-state index in [1.165, 1.54) is 0 Å². The van der Waals surface area contributed by atoms with Crippen LogP contribution in [0, 0.1) is 0 Å². The monoisotopic (exact) mass is 210 g/mol. The molecule has 4 heteroatoms. The van der Waals surface area contributed by atoms with E-state index < -0.39 is 0 Å². The van der Waals surface area contributed by atoms with Gasteiger partial charge in [-0.05, 0) is 38.2 Å². The summed E-state index contributed by atoms with van der Waals surface area (Å²) in [4.78, 5) is 5.12. The van der Waals surface area contributed by atoms with Crippen LogP contribution in [0.15, 0.2) is 30.3 Å². The maximum absolute atomic E-state index is 5.12. The third-order valence-electron chi connectivity index (χ3n) is 1.42. The molecule has 3 nitrogen and oxygen atoms in total. The van der Waals surface area contributed by atoms with Crippen LogP contribution >= 0.6 is 12.2 Å². The molecule has 0 saturated carbocycles. The Morgan fingerprint density at radius 1 is 1.29 bits per heavy atom. The van der Waals surface area contributed by atoms with Crippen LogP contribution in [0.4, 0.5) is 5.69 Å². The number of nitrogens with one attached hydrogen (secondary N) is 2. The topological polar surface area (TPSA) is 33.3 Å². The summed E-state index contributed by atoms with van der Waals surface area (Å²) in [6, 6.07) is 9.70. The number of anilines is 1. The van der Waals surface area contributed by atoms with Gasteiger partial charge in [0, 0.05) is 5.69 Å². The van der Waals surface area contributed by atoms with Crippen molar-refractivity contribution in [2.24, 2.45) is 0 Å². The Balaban J connectivity index is 2.35. The van der Waals surface area contributed by atoms with Crippen LogP contribution in [0.25, 0.3) is 0 Å². The van der Waals surface area contributed by atoms with Crippen LogP contribution in [0.1, 0.15) is 13.8 Å². The summed E-state index contributed by atoms with van der Waals surface area (Å²) in [5.74, 6) is 0. The highest BCUT2D eigenvalue weighted by Crippen LogP contribution is 2.04. The zero-order valence-electron chi connectivity index (χ0n) is 8.28. The highest BCUT2D eigenvalue weighted by atomic mass is 32.1. The van der Waals surface area contributed by atoms with Crippen molar-refractivity contribution in [1.29, 1.82) is 0 Å². The van der Waals surface area contributed by atoms with E-state index in [4.69, 9.17) is 17.1 Å². The van der Waals surface area contributed by atoms with Crippen molar-refractivity contribution < 1.29 is 4.84 Å². The molecule has 0 amide bonds. The maximum atomic E-state index is 5.12. The van der Waals surface area contributed by atoms with Crippen molar-refractivity contribution >= 4 is 23.0 Å². The van der Waals surface area contributed by atoms with Crippen molar-refractivity contribution in [1.82, 2.24) is 5.48 Å². The van der Waals surface area contributed by atoms with E-state index in [9.17, 15) is 0 Å². The van der Waals surface area contributed by atoms with Crippen LogP contribution in [0.5, 0.6) is 0 Å². The summed E-state index contributed by atoms with van der Waals surface area (Å²) in [5.41, 5.74) is 3.59. The molecule has 1 aromatic rings. The molecule has 2 N–H and O–H groups in total. The summed E-state index contributed by atoms with van der Waals surface area (Å²) in [6.07, 6.45) is 0.102. The van der Waals surface area contributed by atoms with E-state index in [0.717, 1.165) is 5.69 Å². The molecule has 0 saturated heterocycles. The Labute approximate surface area is 89.4 Å². The minimum atomic E-state index is 0.102. The Bertz CT molecular complexity index is 287. The summed E-state index contributed by atoms with van der Waals surface area (Å²) in [5, 5.41) is 3.46. The Morgan fingerprint density at radius 2 is 1.93 bits per heavy atom. The molecule has 1 aromatic carbocycles. The van der Waals surface area contributed by atoms with Crippen molar-refractivity contribution in [2.45, 2.75) is 20.0 Å². The fourth-order valence-electron chi connectivity index (χ4n) is 0.849. The van der Waals surface area contributed by atoms with Gasteiger partial charge in [-0.15, -0.1) is 0 Å². The van der Waals surface area contributed by atoms with Gasteiger partial charge in [-0.25, -0.2) is 5.48 Å². The van der Waals surface area contributed by atoms with Gasteiger partial charge >= 0.3 is 0 Å². The van der Waals surface area contributed by atoms with E-state index >= 15 is 0 Å². The van der Waals surface area contributed by atoms with E-state index in [1.807, 2.05) is 44.2 Å². The molecule has 76 valence electrons. The lowest BCUT2D eigenvalue weighted by atomic mass is 10.3. The third kappa shape index (κ3) is 4.20. The van der Waals surface area contributed by atoms with Gasteiger partial charge in [-0.2, -0.15) is 0 Å². The molecule has 14 heavy (non-hydrogen) atoms. The summed E-state index contributed by atoms with van der Waals surface area (Å²) < 4.78 is 0. The lowest BCUT2D eigenvalue weighted by Gasteiger charge is -2.12. The smallest absolute Gasteiger partial charge is 0.195 e. The second kappa shape index (κ2) is 5.57. The van der Waals surface area contributed by atoms with Gasteiger partial charge in [0.2, 0.25) is 0 Å². The van der Waals surface area contributed by atoms with Gasteiger partial charge < -0.3 is 5.32 Å². The van der Waals surface area contributed by atoms with Crippen molar-refractivity contribution in [2.75, 3.05) is 5.32 Å². The van der Waals surface area contributed by atoms with Crippen LogP contribution < -0.4 is 10.8 Å². The highest BCUT2D eigenvalue weighted by Gasteiger charge is 1.97. The molecule has 0 radical (unpaired) electrons. The number of para-hydroxylation sites is 1. The van der Waals surface area contributed by atoms with E-state index in [0.29, 0.717) is 5.11 Å². The molecule has 0 aromatic heterocycles. The molecule has 0 atom stereocenters. The van der Waals surface area contributed by atoms with Gasteiger partial charge in [0.15, 0.2) is 5.11 Å². The summed E-state index contributed by atoms with van der Waals surface area (Å²) >= 11 is 5.01. The SMILES string of the molecule is CC(C)ONC(=S)Nc1ccccc1. The van der Waals surface area contributed by atoms with Gasteiger partial charge in [0.05, 0.1) is 6.10 Å². The number of hydrogen-bond acceptors (Lipinski definition) is 2. The van der Waals surface area contributed by atoms with Crippen molar-refractivity contribution in [3.05, 3.63) is 30.3 Å². The molecule has 0 heterocycles. The second-order valence-corrected chi connectivity index (χ2v) is 3.50. The molecule has 1 rings (SSSR count). The molecule has 0 aliphatic heterocycles. The van der Waals surface area contributed by atoms with Crippen LogP contribution in [0.2, 0.25) is 0 Å². The van der Waals surface area contributed by atoms with Crippen LogP contribution in [-0.4, -0.2) is 11.2 Å². The largest absolute Gasteiger partial charge is 0.331 e. The van der Waals surface area contributed by atoms with Crippen LogP contribution in [0.3, 0.4) is 0 Å².